The van der Waals surface area contributed by atoms with Gasteiger partial charge in [0, 0.05) is 6.04 Å². The second-order valence-electron chi connectivity index (χ2n) is 5.47. The van der Waals surface area contributed by atoms with Crippen molar-refractivity contribution >= 4 is 15.9 Å². The van der Waals surface area contributed by atoms with Gasteiger partial charge in [0.1, 0.15) is 5.82 Å². The summed E-state index contributed by atoms with van der Waals surface area (Å²) in [4.78, 5) is 0. The predicted octanol–water partition coefficient (Wildman–Crippen LogP) is 4.68. The standard InChI is InChI=1S/C15H21BrFN/c1-10-4-3-5-13(10)9-18-11(2)12-6-7-15(17)14(16)8-12/h6-8,10-11,13,18H,3-5,9H2,1-2H3. The molecular formula is C15H21BrFN. The van der Waals surface area contributed by atoms with E-state index >= 15 is 0 Å². The van der Waals surface area contributed by atoms with Crippen LogP contribution in [0.5, 0.6) is 0 Å². The van der Waals surface area contributed by atoms with Crippen LogP contribution in [0.2, 0.25) is 0 Å². The molecule has 1 nitrogen and oxygen atoms in total. The maximum Gasteiger partial charge on any atom is 0.137 e. The number of rotatable bonds is 4. The van der Waals surface area contributed by atoms with E-state index in [4.69, 9.17) is 0 Å². The van der Waals surface area contributed by atoms with E-state index in [2.05, 4.69) is 35.1 Å². The van der Waals surface area contributed by atoms with Crippen LogP contribution >= 0.6 is 15.9 Å². The highest BCUT2D eigenvalue weighted by Crippen LogP contribution is 2.31. The molecule has 2 rings (SSSR count). The van der Waals surface area contributed by atoms with Gasteiger partial charge in [-0.05, 0) is 65.4 Å². The van der Waals surface area contributed by atoms with Crippen LogP contribution in [0, 0.1) is 17.7 Å². The maximum absolute atomic E-state index is 13.2. The summed E-state index contributed by atoms with van der Waals surface area (Å²) in [5, 5.41) is 3.57. The summed E-state index contributed by atoms with van der Waals surface area (Å²) in [5.41, 5.74) is 1.13. The topological polar surface area (TPSA) is 12.0 Å². The summed E-state index contributed by atoms with van der Waals surface area (Å²) in [7, 11) is 0. The summed E-state index contributed by atoms with van der Waals surface area (Å²) in [5.74, 6) is 1.44. The average Bonchev–Trinajstić information content (AvgIpc) is 2.75. The first-order chi connectivity index (χ1) is 8.58. The Bertz CT molecular complexity index is 407. The van der Waals surface area contributed by atoms with Crippen molar-refractivity contribution in [2.24, 2.45) is 11.8 Å². The Hall–Kier alpha value is -0.410. The van der Waals surface area contributed by atoms with Gasteiger partial charge in [-0.15, -0.1) is 0 Å². The van der Waals surface area contributed by atoms with Crippen LogP contribution < -0.4 is 5.32 Å². The Balaban J connectivity index is 1.90. The zero-order valence-electron chi connectivity index (χ0n) is 11.0. The molecule has 1 aliphatic carbocycles. The van der Waals surface area contributed by atoms with Crippen molar-refractivity contribution in [2.75, 3.05) is 6.54 Å². The highest BCUT2D eigenvalue weighted by Gasteiger charge is 2.23. The Kier molecular flexibility index (Phi) is 4.79. The van der Waals surface area contributed by atoms with Crippen molar-refractivity contribution in [3.8, 4) is 0 Å². The summed E-state index contributed by atoms with van der Waals surface area (Å²) in [6.07, 6.45) is 4.07. The third-order valence-corrected chi connectivity index (χ3v) is 4.78. The molecule has 1 aromatic carbocycles. The second kappa shape index (κ2) is 6.16. The van der Waals surface area contributed by atoms with Crippen LogP contribution in [0.15, 0.2) is 22.7 Å². The molecule has 1 fully saturated rings. The predicted molar refractivity (Wildman–Crippen MR) is 77.0 cm³/mol. The number of hydrogen-bond donors (Lipinski definition) is 1. The molecule has 3 heteroatoms. The zero-order chi connectivity index (χ0) is 13.1. The van der Waals surface area contributed by atoms with Crippen molar-refractivity contribution < 1.29 is 4.39 Å². The van der Waals surface area contributed by atoms with Gasteiger partial charge in [-0.25, -0.2) is 4.39 Å². The van der Waals surface area contributed by atoms with Crippen molar-refractivity contribution in [1.29, 1.82) is 0 Å². The lowest BCUT2D eigenvalue weighted by molar-refractivity contribution is 0.375. The van der Waals surface area contributed by atoms with Crippen LogP contribution in [-0.2, 0) is 0 Å². The largest absolute Gasteiger partial charge is 0.310 e. The fourth-order valence-corrected chi connectivity index (χ4v) is 3.15. The van der Waals surface area contributed by atoms with Gasteiger partial charge in [0.05, 0.1) is 4.47 Å². The molecule has 18 heavy (non-hydrogen) atoms. The van der Waals surface area contributed by atoms with E-state index in [9.17, 15) is 4.39 Å². The minimum absolute atomic E-state index is 0.199. The van der Waals surface area contributed by atoms with Crippen molar-refractivity contribution in [1.82, 2.24) is 5.32 Å². The molecule has 0 aliphatic heterocycles. The van der Waals surface area contributed by atoms with Crippen molar-refractivity contribution in [3.05, 3.63) is 34.1 Å². The molecule has 1 aromatic rings. The van der Waals surface area contributed by atoms with Gasteiger partial charge in [-0.1, -0.05) is 25.8 Å². The van der Waals surface area contributed by atoms with Crippen molar-refractivity contribution in [3.63, 3.8) is 0 Å². The highest BCUT2D eigenvalue weighted by molar-refractivity contribution is 9.10. The van der Waals surface area contributed by atoms with Gasteiger partial charge >= 0.3 is 0 Å². The lowest BCUT2D eigenvalue weighted by atomic mass is 9.97. The first-order valence-electron chi connectivity index (χ1n) is 6.76. The van der Waals surface area contributed by atoms with E-state index in [1.165, 1.54) is 25.3 Å². The molecule has 0 spiro atoms. The normalized spacial score (nSPS) is 25.3. The van der Waals surface area contributed by atoms with Crippen LogP contribution in [0.1, 0.15) is 44.7 Å². The van der Waals surface area contributed by atoms with E-state index in [-0.39, 0.29) is 11.9 Å². The summed E-state index contributed by atoms with van der Waals surface area (Å²) < 4.78 is 13.7. The third kappa shape index (κ3) is 3.33. The van der Waals surface area contributed by atoms with Crippen LogP contribution in [-0.4, -0.2) is 6.54 Å². The highest BCUT2D eigenvalue weighted by atomic mass is 79.9. The first-order valence-corrected chi connectivity index (χ1v) is 7.55. The molecule has 0 heterocycles. The van der Waals surface area contributed by atoms with E-state index < -0.39 is 0 Å². The molecule has 1 saturated carbocycles. The van der Waals surface area contributed by atoms with Gasteiger partial charge < -0.3 is 5.32 Å². The van der Waals surface area contributed by atoms with Crippen molar-refractivity contribution in [2.45, 2.75) is 39.2 Å². The smallest absolute Gasteiger partial charge is 0.137 e. The molecule has 1 N–H and O–H groups in total. The molecule has 1 aliphatic rings. The zero-order valence-corrected chi connectivity index (χ0v) is 12.6. The van der Waals surface area contributed by atoms with Crippen LogP contribution in [0.4, 0.5) is 4.39 Å². The van der Waals surface area contributed by atoms with E-state index in [0.29, 0.717) is 4.47 Å². The SMILES string of the molecule is CC(NCC1CCCC1C)c1ccc(F)c(Br)c1. The minimum Gasteiger partial charge on any atom is -0.310 e. The molecule has 0 saturated heterocycles. The Morgan fingerprint density at radius 1 is 1.44 bits per heavy atom. The fraction of sp³-hybridized carbons (Fsp3) is 0.600. The number of nitrogens with one attached hydrogen (secondary N) is 1. The Morgan fingerprint density at radius 3 is 2.83 bits per heavy atom. The molecule has 0 bridgehead atoms. The monoisotopic (exact) mass is 313 g/mol. The molecule has 0 amide bonds. The molecule has 0 radical (unpaired) electrons. The van der Waals surface area contributed by atoms with Crippen LogP contribution in [0.3, 0.4) is 0 Å². The third-order valence-electron chi connectivity index (χ3n) is 4.17. The van der Waals surface area contributed by atoms with E-state index in [1.54, 1.807) is 0 Å². The van der Waals surface area contributed by atoms with Crippen LogP contribution in [0.25, 0.3) is 0 Å². The van der Waals surface area contributed by atoms with Gasteiger partial charge in [0.15, 0.2) is 0 Å². The summed E-state index contributed by atoms with van der Waals surface area (Å²) in [6, 6.07) is 5.52. The van der Waals surface area contributed by atoms with E-state index in [1.807, 2.05) is 12.1 Å². The first kappa shape index (κ1) is 14.0. The number of halogens is 2. The lowest BCUT2D eigenvalue weighted by Gasteiger charge is -2.20. The minimum atomic E-state index is -0.199. The summed E-state index contributed by atoms with van der Waals surface area (Å²) in [6.45, 7) is 5.55. The van der Waals surface area contributed by atoms with E-state index in [0.717, 1.165) is 23.9 Å². The Morgan fingerprint density at radius 2 is 2.22 bits per heavy atom. The van der Waals surface area contributed by atoms with Gasteiger partial charge in [-0.2, -0.15) is 0 Å². The lowest BCUT2D eigenvalue weighted by Crippen LogP contribution is -2.27. The molecule has 0 aromatic heterocycles. The quantitative estimate of drug-likeness (QED) is 0.851. The summed E-state index contributed by atoms with van der Waals surface area (Å²) >= 11 is 3.24. The van der Waals surface area contributed by atoms with Gasteiger partial charge in [0.25, 0.3) is 0 Å². The molecule has 3 unspecified atom stereocenters. The molecule has 3 atom stereocenters. The van der Waals surface area contributed by atoms with Gasteiger partial charge in [-0.3, -0.25) is 0 Å². The maximum atomic E-state index is 13.2. The number of benzene rings is 1. The Labute approximate surface area is 117 Å². The molecular weight excluding hydrogens is 293 g/mol. The molecule has 100 valence electrons. The average molecular weight is 314 g/mol. The fourth-order valence-electron chi connectivity index (χ4n) is 2.75. The number of hydrogen-bond acceptors (Lipinski definition) is 1. The second-order valence-corrected chi connectivity index (χ2v) is 6.33. The van der Waals surface area contributed by atoms with Gasteiger partial charge in [0.2, 0.25) is 0 Å².